The van der Waals surface area contributed by atoms with E-state index in [9.17, 15) is 19.2 Å². The number of aliphatic carboxylic acids is 1. The van der Waals surface area contributed by atoms with Crippen LogP contribution in [0.15, 0.2) is 9.59 Å². The van der Waals surface area contributed by atoms with Crippen LogP contribution in [0.4, 0.5) is 0 Å². The first-order valence-electron chi connectivity index (χ1n) is 6.16. The summed E-state index contributed by atoms with van der Waals surface area (Å²) in [7, 11) is 0. The van der Waals surface area contributed by atoms with Gasteiger partial charge in [0.2, 0.25) is 5.91 Å². The molecule has 0 aliphatic heterocycles. The molecule has 1 aromatic heterocycles. The minimum absolute atomic E-state index is 0.0110. The van der Waals surface area contributed by atoms with E-state index in [2.05, 4.69) is 9.97 Å². The number of nitrogens with zero attached hydrogens (tertiary/aromatic N) is 1. The maximum absolute atomic E-state index is 11.9. The Morgan fingerprint density at radius 2 is 1.90 bits per heavy atom. The molecule has 0 aromatic carbocycles. The number of hydrogen-bond acceptors (Lipinski definition) is 4. The first-order chi connectivity index (χ1) is 9.35. The fourth-order valence-corrected chi connectivity index (χ4v) is 1.86. The van der Waals surface area contributed by atoms with E-state index in [1.165, 1.54) is 4.90 Å². The highest BCUT2D eigenvalue weighted by Crippen LogP contribution is 2.03. The fourth-order valence-electron chi connectivity index (χ4n) is 1.86. The summed E-state index contributed by atoms with van der Waals surface area (Å²) < 4.78 is 0. The van der Waals surface area contributed by atoms with Crippen LogP contribution in [0.1, 0.15) is 24.6 Å². The minimum atomic E-state index is -1.08. The van der Waals surface area contributed by atoms with Gasteiger partial charge in [-0.25, -0.2) is 4.79 Å². The molecular formula is C12H17N3O5. The van der Waals surface area contributed by atoms with E-state index in [1.54, 1.807) is 13.8 Å². The molecule has 0 unspecified atom stereocenters. The molecule has 0 atom stereocenters. The van der Waals surface area contributed by atoms with E-state index < -0.39 is 17.2 Å². The summed E-state index contributed by atoms with van der Waals surface area (Å²) in [6, 6.07) is 0. The van der Waals surface area contributed by atoms with Crippen molar-refractivity contribution >= 4 is 11.9 Å². The predicted octanol–water partition coefficient (Wildman–Crippen LogP) is -0.763. The molecule has 1 heterocycles. The number of carbonyl (C=O) groups excluding carboxylic acids is 1. The van der Waals surface area contributed by atoms with Gasteiger partial charge in [0.1, 0.15) is 6.54 Å². The molecule has 20 heavy (non-hydrogen) atoms. The van der Waals surface area contributed by atoms with Crippen molar-refractivity contribution in [2.75, 3.05) is 13.1 Å². The van der Waals surface area contributed by atoms with Gasteiger partial charge in [0.25, 0.3) is 5.56 Å². The molecule has 1 rings (SSSR count). The zero-order valence-corrected chi connectivity index (χ0v) is 11.4. The van der Waals surface area contributed by atoms with Crippen LogP contribution in [0.2, 0.25) is 0 Å². The predicted molar refractivity (Wildman–Crippen MR) is 70.6 cm³/mol. The SMILES string of the molecule is CCN(CC(=O)O)C(=O)CCc1c(C)[nH]c(=O)[nH]c1=O. The molecule has 8 heteroatoms. The zero-order valence-electron chi connectivity index (χ0n) is 11.4. The van der Waals surface area contributed by atoms with E-state index in [1.807, 2.05) is 0 Å². The quantitative estimate of drug-likeness (QED) is 0.633. The molecule has 1 aromatic rings. The first-order valence-corrected chi connectivity index (χ1v) is 6.16. The van der Waals surface area contributed by atoms with Gasteiger partial charge in [-0.2, -0.15) is 0 Å². The van der Waals surface area contributed by atoms with E-state index in [0.717, 1.165) is 0 Å². The second-order valence-electron chi connectivity index (χ2n) is 4.31. The van der Waals surface area contributed by atoms with Crippen LogP contribution in [0.3, 0.4) is 0 Å². The summed E-state index contributed by atoms with van der Waals surface area (Å²) in [4.78, 5) is 50.8. The third kappa shape index (κ3) is 4.08. The summed E-state index contributed by atoms with van der Waals surface area (Å²) in [5.41, 5.74) is -0.388. The third-order valence-electron chi connectivity index (χ3n) is 2.90. The highest BCUT2D eigenvalue weighted by molar-refractivity contribution is 5.81. The Balaban J connectivity index is 2.77. The standard InChI is InChI=1S/C12H17N3O5/c1-3-15(6-10(17)18)9(16)5-4-8-7(2)13-12(20)14-11(8)19/h3-6H2,1-2H3,(H,17,18)(H2,13,14,19,20). The van der Waals surface area contributed by atoms with E-state index in [-0.39, 0.29) is 31.8 Å². The molecule has 0 fully saturated rings. The van der Waals surface area contributed by atoms with Crippen LogP contribution in [-0.4, -0.2) is 44.9 Å². The molecule has 0 spiro atoms. The number of amides is 1. The number of aryl methyl sites for hydroxylation is 1. The van der Waals surface area contributed by atoms with Crippen molar-refractivity contribution < 1.29 is 14.7 Å². The summed E-state index contributed by atoms with van der Waals surface area (Å²) in [6.07, 6.45) is 0.157. The van der Waals surface area contributed by atoms with Gasteiger partial charge in [-0.15, -0.1) is 0 Å². The van der Waals surface area contributed by atoms with Gasteiger partial charge >= 0.3 is 11.7 Å². The third-order valence-corrected chi connectivity index (χ3v) is 2.90. The van der Waals surface area contributed by atoms with Gasteiger partial charge in [-0.1, -0.05) is 0 Å². The highest BCUT2D eigenvalue weighted by Gasteiger charge is 2.16. The normalized spacial score (nSPS) is 10.3. The van der Waals surface area contributed by atoms with Crippen molar-refractivity contribution in [1.29, 1.82) is 0 Å². The summed E-state index contributed by atoms with van der Waals surface area (Å²) in [5.74, 6) is -1.43. The van der Waals surface area contributed by atoms with E-state index in [4.69, 9.17) is 5.11 Å². The second-order valence-corrected chi connectivity index (χ2v) is 4.31. The summed E-state index contributed by atoms with van der Waals surface area (Å²) in [6.45, 7) is 3.17. The lowest BCUT2D eigenvalue weighted by atomic mass is 10.1. The Morgan fingerprint density at radius 3 is 2.40 bits per heavy atom. The van der Waals surface area contributed by atoms with Crippen LogP contribution in [0, 0.1) is 6.92 Å². The van der Waals surface area contributed by atoms with Gasteiger partial charge in [0.15, 0.2) is 0 Å². The number of H-pyrrole nitrogens is 2. The van der Waals surface area contributed by atoms with Gasteiger partial charge in [-0.05, 0) is 20.3 Å². The number of carboxylic acids is 1. The number of rotatable bonds is 6. The maximum atomic E-state index is 11.9. The average molecular weight is 283 g/mol. The van der Waals surface area contributed by atoms with Gasteiger partial charge in [0.05, 0.1) is 0 Å². The van der Waals surface area contributed by atoms with Gasteiger partial charge < -0.3 is 15.0 Å². The van der Waals surface area contributed by atoms with E-state index in [0.29, 0.717) is 11.3 Å². The molecule has 0 bridgehead atoms. The lowest BCUT2D eigenvalue weighted by molar-refractivity contribution is -0.144. The number of hydrogen-bond donors (Lipinski definition) is 3. The van der Waals surface area contributed by atoms with Crippen LogP contribution >= 0.6 is 0 Å². The topological polar surface area (TPSA) is 123 Å². The van der Waals surface area contributed by atoms with Crippen LogP contribution in [0.5, 0.6) is 0 Å². The number of likely N-dealkylation sites (N-methyl/N-ethyl adjacent to an activating group) is 1. The molecule has 110 valence electrons. The molecule has 1 amide bonds. The lowest BCUT2D eigenvalue weighted by Crippen LogP contribution is -2.36. The molecule has 0 saturated carbocycles. The molecule has 0 aliphatic carbocycles. The lowest BCUT2D eigenvalue weighted by Gasteiger charge is -2.18. The maximum Gasteiger partial charge on any atom is 0.325 e. The Morgan fingerprint density at radius 1 is 1.25 bits per heavy atom. The Hall–Kier alpha value is -2.38. The van der Waals surface area contributed by atoms with Gasteiger partial charge in [-0.3, -0.25) is 19.4 Å². The largest absolute Gasteiger partial charge is 0.480 e. The number of aromatic nitrogens is 2. The van der Waals surface area contributed by atoms with Crippen LogP contribution in [0.25, 0.3) is 0 Å². The number of aromatic amines is 2. The van der Waals surface area contributed by atoms with Gasteiger partial charge in [0, 0.05) is 24.2 Å². The van der Waals surface area contributed by atoms with Crippen molar-refractivity contribution in [2.45, 2.75) is 26.7 Å². The molecule has 8 nitrogen and oxygen atoms in total. The Bertz CT molecular complexity index is 616. The monoisotopic (exact) mass is 283 g/mol. The smallest absolute Gasteiger partial charge is 0.325 e. The Labute approximate surface area is 114 Å². The molecular weight excluding hydrogens is 266 g/mol. The number of carbonyl (C=O) groups is 2. The average Bonchev–Trinajstić information content (AvgIpc) is 2.33. The molecule has 0 aliphatic rings. The second kappa shape index (κ2) is 6.69. The van der Waals surface area contributed by atoms with Crippen LogP contribution in [-0.2, 0) is 16.0 Å². The molecule has 0 radical (unpaired) electrons. The van der Waals surface area contributed by atoms with E-state index >= 15 is 0 Å². The van der Waals surface area contributed by atoms with Crippen molar-refractivity contribution in [3.8, 4) is 0 Å². The minimum Gasteiger partial charge on any atom is -0.480 e. The summed E-state index contributed by atoms with van der Waals surface area (Å²) >= 11 is 0. The van der Waals surface area contributed by atoms with Crippen LogP contribution < -0.4 is 11.2 Å². The van der Waals surface area contributed by atoms with Crippen molar-refractivity contribution in [3.63, 3.8) is 0 Å². The Kier molecular flexibility index (Phi) is 5.24. The highest BCUT2D eigenvalue weighted by atomic mass is 16.4. The molecule has 0 saturated heterocycles. The summed E-state index contributed by atoms with van der Waals surface area (Å²) in [5, 5.41) is 8.68. The van der Waals surface area contributed by atoms with Crippen molar-refractivity contribution in [3.05, 3.63) is 32.1 Å². The molecule has 3 N–H and O–H groups in total. The number of carboxylic acid groups (broad SMARTS) is 1. The van der Waals surface area contributed by atoms with Crippen molar-refractivity contribution in [2.24, 2.45) is 0 Å². The first kappa shape index (κ1) is 15.7. The fraction of sp³-hybridized carbons (Fsp3) is 0.500. The zero-order chi connectivity index (χ0) is 15.3. The number of nitrogens with one attached hydrogen (secondary N) is 2. The van der Waals surface area contributed by atoms with Crippen molar-refractivity contribution in [1.82, 2.24) is 14.9 Å².